The van der Waals surface area contributed by atoms with Gasteiger partial charge in [-0.25, -0.2) is 13.6 Å². The Bertz CT molecular complexity index is 659. The van der Waals surface area contributed by atoms with Crippen LogP contribution in [0.1, 0.15) is 48.0 Å². The number of hydrogen-bond acceptors (Lipinski definition) is 3. The molecule has 0 radical (unpaired) electrons. The highest BCUT2D eigenvalue weighted by Crippen LogP contribution is 2.36. The first-order valence-corrected chi connectivity index (χ1v) is 8.70. The minimum atomic E-state index is -1.38. The summed E-state index contributed by atoms with van der Waals surface area (Å²) in [6.07, 6.45) is 0.164. The third-order valence-electron chi connectivity index (χ3n) is 4.77. The average molecular weight is 368 g/mol. The molecular weight excluding hydrogens is 341 g/mol. The fourth-order valence-electron chi connectivity index (χ4n) is 2.40. The summed E-state index contributed by atoms with van der Waals surface area (Å²) in [7, 11) is -0.656. The van der Waals surface area contributed by atoms with Crippen LogP contribution in [-0.2, 0) is 9.31 Å². The molecule has 0 saturated carbocycles. The van der Waals surface area contributed by atoms with Gasteiger partial charge in [-0.05, 0) is 65.6 Å². The molecule has 1 aromatic rings. The van der Waals surface area contributed by atoms with E-state index in [1.54, 1.807) is 6.07 Å². The molecule has 144 valence electrons. The molecule has 5 nitrogen and oxygen atoms in total. The predicted octanol–water partition coefficient (Wildman–Crippen LogP) is 3.38. The number of amides is 2. The van der Waals surface area contributed by atoms with Gasteiger partial charge in [-0.1, -0.05) is 6.07 Å². The molecule has 0 bridgehead atoms. The lowest BCUT2D eigenvalue weighted by Gasteiger charge is -2.32. The largest absolute Gasteiger partial charge is 0.494 e. The van der Waals surface area contributed by atoms with Crippen molar-refractivity contribution in [2.45, 2.75) is 64.8 Å². The van der Waals surface area contributed by atoms with Crippen molar-refractivity contribution in [1.82, 2.24) is 5.32 Å². The number of anilines is 1. The summed E-state index contributed by atoms with van der Waals surface area (Å²) in [5, 5.41) is 4.95. The molecular formula is C18H27BF2N2O3. The fraction of sp³-hybridized carbons (Fsp3) is 0.611. The zero-order valence-electron chi connectivity index (χ0n) is 16.2. The normalized spacial score (nSPS) is 18.7. The number of urea groups is 1. The van der Waals surface area contributed by atoms with Gasteiger partial charge in [-0.3, -0.25) is 0 Å². The van der Waals surface area contributed by atoms with Crippen LogP contribution in [0.4, 0.5) is 19.3 Å². The third kappa shape index (κ3) is 4.95. The molecule has 2 amide bonds. The smallest absolute Gasteiger partial charge is 0.399 e. The Kier molecular flexibility index (Phi) is 5.68. The van der Waals surface area contributed by atoms with Crippen molar-refractivity contribution in [2.24, 2.45) is 0 Å². The Hall–Kier alpha value is -1.67. The SMILES string of the molecule is CC(C)(F)CCNC(=O)Nc1cc(B2OC(C)(C)C(C)(C)O2)ccc1F. The molecule has 8 heteroatoms. The molecule has 1 heterocycles. The van der Waals surface area contributed by atoms with Crippen molar-refractivity contribution >= 4 is 24.3 Å². The van der Waals surface area contributed by atoms with Crippen LogP contribution in [0.25, 0.3) is 0 Å². The van der Waals surface area contributed by atoms with Crippen molar-refractivity contribution < 1.29 is 22.9 Å². The van der Waals surface area contributed by atoms with Crippen LogP contribution in [0.2, 0.25) is 0 Å². The average Bonchev–Trinajstić information content (AvgIpc) is 2.68. The number of hydrogen-bond donors (Lipinski definition) is 2. The summed E-state index contributed by atoms with van der Waals surface area (Å²) in [6.45, 7) is 10.7. The summed E-state index contributed by atoms with van der Waals surface area (Å²) >= 11 is 0. The van der Waals surface area contributed by atoms with Gasteiger partial charge in [0.15, 0.2) is 0 Å². The quantitative estimate of drug-likeness (QED) is 0.784. The number of carbonyl (C=O) groups excluding carboxylic acids is 1. The number of nitrogens with one attached hydrogen (secondary N) is 2. The maximum absolute atomic E-state index is 14.0. The molecule has 0 aromatic heterocycles. The van der Waals surface area contributed by atoms with Gasteiger partial charge in [-0.15, -0.1) is 0 Å². The lowest BCUT2D eigenvalue weighted by molar-refractivity contribution is 0.00578. The van der Waals surface area contributed by atoms with Crippen molar-refractivity contribution in [2.75, 3.05) is 11.9 Å². The standard InChI is InChI=1S/C18H27BF2N2O3/c1-16(2,21)9-10-22-15(24)23-14-11-12(7-8-13(14)20)19-25-17(3,4)18(5,6)26-19/h7-8,11H,9-10H2,1-6H3,(H2,22,23,24). The number of benzene rings is 1. The van der Waals surface area contributed by atoms with E-state index in [2.05, 4.69) is 10.6 Å². The fourth-order valence-corrected chi connectivity index (χ4v) is 2.40. The van der Waals surface area contributed by atoms with Gasteiger partial charge in [0.2, 0.25) is 0 Å². The van der Waals surface area contributed by atoms with Gasteiger partial charge < -0.3 is 19.9 Å². The predicted molar refractivity (Wildman–Crippen MR) is 98.9 cm³/mol. The minimum Gasteiger partial charge on any atom is -0.399 e. The second kappa shape index (κ2) is 7.16. The third-order valence-corrected chi connectivity index (χ3v) is 4.77. The van der Waals surface area contributed by atoms with Crippen molar-refractivity contribution in [3.63, 3.8) is 0 Å². The van der Waals surface area contributed by atoms with Crippen molar-refractivity contribution in [1.29, 1.82) is 0 Å². The lowest BCUT2D eigenvalue weighted by atomic mass is 9.79. The molecule has 26 heavy (non-hydrogen) atoms. The topological polar surface area (TPSA) is 59.6 Å². The van der Waals surface area contributed by atoms with E-state index in [0.717, 1.165) is 0 Å². The van der Waals surface area contributed by atoms with E-state index in [4.69, 9.17) is 9.31 Å². The van der Waals surface area contributed by atoms with Crippen LogP contribution >= 0.6 is 0 Å². The van der Waals surface area contributed by atoms with Crippen LogP contribution in [-0.4, -0.2) is 36.6 Å². The maximum atomic E-state index is 14.0. The number of halogens is 2. The molecule has 0 unspecified atom stereocenters. The molecule has 1 aromatic carbocycles. The van der Waals surface area contributed by atoms with E-state index in [9.17, 15) is 13.6 Å². The molecule has 1 fully saturated rings. The molecule has 2 N–H and O–H groups in total. The van der Waals surface area contributed by atoms with Crippen molar-refractivity contribution in [3.8, 4) is 0 Å². The Morgan fingerprint density at radius 3 is 2.31 bits per heavy atom. The van der Waals surface area contributed by atoms with Gasteiger partial charge in [0.05, 0.1) is 16.9 Å². The van der Waals surface area contributed by atoms with Gasteiger partial charge in [0.1, 0.15) is 11.5 Å². The molecule has 1 aliphatic heterocycles. The van der Waals surface area contributed by atoms with E-state index in [1.165, 1.54) is 26.0 Å². The summed E-state index contributed by atoms with van der Waals surface area (Å²) in [5.74, 6) is -0.578. The number of carbonyl (C=O) groups is 1. The second-order valence-electron chi connectivity index (χ2n) is 8.18. The highest BCUT2D eigenvalue weighted by Gasteiger charge is 2.51. The maximum Gasteiger partial charge on any atom is 0.494 e. The molecule has 0 atom stereocenters. The Balaban J connectivity index is 2.05. The Morgan fingerprint density at radius 2 is 1.77 bits per heavy atom. The van der Waals surface area contributed by atoms with Crippen LogP contribution < -0.4 is 16.1 Å². The summed E-state index contributed by atoms with van der Waals surface area (Å²) in [5.41, 5.74) is -1.80. The van der Waals surface area contributed by atoms with Crippen molar-refractivity contribution in [3.05, 3.63) is 24.0 Å². The zero-order chi connectivity index (χ0) is 19.8. The van der Waals surface area contributed by atoms with E-state index in [-0.39, 0.29) is 18.7 Å². The van der Waals surface area contributed by atoms with Gasteiger partial charge in [0.25, 0.3) is 0 Å². The Labute approximate surface area is 154 Å². The lowest BCUT2D eigenvalue weighted by Crippen LogP contribution is -2.41. The van der Waals surface area contributed by atoms with E-state index >= 15 is 0 Å². The summed E-state index contributed by atoms with van der Waals surface area (Å²) in [6, 6.07) is 3.70. The highest BCUT2D eigenvalue weighted by molar-refractivity contribution is 6.62. The van der Waals surface area contributed by atoms with Gasteiger partial charge in [0, 0.05) is 6.54 Å². The van der Waals surface area contributed by atoms with Gasteiger partial charge >= 0.3 is 13.1 Å². The van der Waals surface area contributed by atoms with Gasteiger partial charge in [-0.2, -0.15) is 0 Å². The monoisotopic (exact) mass is 368 g/mol. The number of alkyl halides is 1. The molecule has 0 spiro atoms. The number of rotatable bonds is 5. The minimum absolute atomic E-state index is 0.00854. The second-order valence-corrected chi connectivity index (χ2v) is 8.18. The van der Waals surface area contributed by atoms with Crippen LogP contribution in [0.15, 0.2) is 18.2 Å². The molecule has 0 aliphatic carbocycles. The molecule has 2 rings (SSSR count). The van der Waals surface area contributed by atoms with E-state index < -0.39 is 35.8 Å². The van der Waals surface area contributed by atoms with E-state index in [1.807, 2.05) is 27.7 Å². The first-order valence-electron chi connectivity index (χ1n) is 8.70. The van der Waals surface area contributed by atoms with E-state index in [0.29, 0.717) is 5.46 Å². The molecule has 1 saturated heterocycles. The molecule has 1 aliphatic rings. The Morgan fingerprint density at radius 1 is 1.19 bits per heavy atom. The highest BCUT2D eigenvalue weighted by atomic mass is 19.1. The zero-order valence-corrected chi connectivity index (χ0v) is 16.2. The van der Waals surface area contributed by atoms with Crippen LogP contribution in [0.5, 0.6) is 0 Å². The first kappa shape index (κ1) is 20.6. The summed E-state index contributed by atoms with van der Waals surface area (Å²) in [4.78, 5) is 11.9. The first-order chi connectivity index (χ1) is 11.8. The summed E-state index contributed by atoms with van der Waals surface area (Å²) < 4.78 is 39.3. The van der Waals surface area contributed by atoms with Crippen LogP contribution in [0.3, 0.4) is 0 Å². The van der Waals surface area contributed by atoms with Crippen LogP contribution in [0, 0.1) is 5.82 Å².